The number of nitrogens with zero attached hydrogens (tertiary/aromatic N) is 5. The first-order valence-corrected chi connectivity index (χ1v) is 12.9. The summed E-state index contributed by atoms with van der Waals surface area (Å²) in [7, 11) is 3.46. The molecule has 200 valence electrons. The number of oxazole rings is 1. The molecule has 1 aliphatic rings. The van der Waals surface area contributed by atoms with Gasteiger partial charge in [-0.3, -0.25) is 0 Å². The number of benzene rings is 2. The number of rotatable bonds is 9. The number of hydrogen-bond acceptors (Lipinski definition) is 7. The van der Waals surface area contributed by atoms with Crippen molar-refractivity contribution < 1.29 is 17.9 Å². The third-order valence-corrected chi connectivity index (χ3v) is 6.88. The monoisotopic (exact) mass is 530 g/mol. The molecular formula is C29H28F2N6O2. The second-order valence-corrected chi connectivity index (χ2v) is 10.1. The van der Waals surface area contributed by atoms with E-state index in [2.05, 4.69) is 20.5 Å². The van der Waals surface area contributed by atoms with Gasteiger partial charge in [-0.1, -0.05) is 6.07 Å². The SMILES string of the molecule is COCC(C)NCc1cc(F)c2oc(-c3cc(-c4ccc(F)cc4-c4nncn4C)cc(C4CC4)n3)nc2c1. The van der Waals surface area contributed by atoms with Crippen molar-refractivity contribution in [2.24, 2.45) is 7.05 Å². The van der Waals surface area contributed by atoms with Crippen molar-refractivity contribution in [2.45, 2.75) is 38.3 Å². The summed E-state index contributed by atoms with van der Waals surface area (Å²) in [5.74, 6) is 0.248. The molecule has 0 radical (unpaired) electrons. The van der Waals surface area contributed by atoms with E-state index in [4.69, 9.17) is 14.1 Å². The van der Waals surface area contributed by atoms with E-state index in [1.54, 1.807) is 24.1 Å². The molecule has 1 aliphatic carbocycles. The van der Waals surface area contributed by atoms with E-state index in [0.29, 0.717) is 41.7 Å². The molecule has 1 atom stereocenters. The lowest BCUT2D eigenvalue weighted by Gasteiger charge is -2.12. The van der Waals surface area contributed by atoms with Crippen molar-refractivity contribution in [2.75, 3.05) is 13.7 Å². The molecule has 10 heteroatoms. The summed E-state index contributed by atoms with van der Waals surface area (Å²) >= 11 is 0. The van der Waals surface area contributed by atoms with Gasteiger partial charge in [0.2, 0.25) is 5.89 Å². The molecule has 0 saturated heterocycles. The van der Waals surface area contributed by atoms with Crippen LogP contribution in [0, 0.1) is 11.6 Å². The molecule has 3 heterocycles. The molecule has 0 bridgehead atoms. The highest BCUT2D eigenvalue weighted by Gasteiger charge is 2.27. The van der Waals surface area contributed by atoms with Crippen LogP contribution in [0.4, 0.5) is 8.78 Å². The molecular weight excluding hydrogens is 502 g/mol. The van der Waals surface area contributed by atoms with E-state index in [1.165, 1.54) is 18.2 Å². The lowest BCUT2D eigenvalue weighted by Crippen LogP contribution is -2.29. The average molecular weight is 531 g/mol. The molecule has 5 aromatic rings. The first kappa shape index (κ1) is 25.3. The van der Waals surface area contributed by atoms with Gasteiger partial charge in [-0.2, -0.15) is 0 Å². The lowest BCUT2D eigenvalue weighted by molar-refractivity contribution is 0.171. The zero-order valence-corrected chi connectivity index (χ0v) is 21.9. The number of fused-ring (bicyclic) bond motifs is 1. The minimum absolute atomic E-state index is 0.0837. The fraction of sp³-hybridized carbons (Fsp3) is 0.310. The minimum atomic E-state index is -0.482. The predicted molar refractivity (Wildman–Crippen MR) is 143 cm³/mol. The van der Waals surface area contributed by atoms with Crippen molar-refractivity contribution in [3.05, 3.63) is 71.7 Å². The van der Waals surface area contributed by atoms with E-state index in [1.807, 2.05) is 32.2 Å². The number of hydrogen-bond donors (Lipinski definition) is 1. The summed E-state index contributed by atoms with van der Waals surface area (Å²) in [5.41, 5.74) is 4.85. The van der Waals surface area contributed by atoms with Crippen LogP contribution >= 0.6 is 0 Å². The van der Waals surface area contributed by atoms with Gasteiger partial charge in [-0.25, -0.2) is 18.7 Å². The third-order valence-electron chi connectivity index (χ3n) is 6.88. The van der Waals surface area contributed by atoms with Crippen LogP contribution in [0.3, 0.4) is 0 Å². The molecule has 2 aromatic carbocycles. The van der Waals surface area contributed by atoms with E-state index in [0.717, 1.165) is 35.2 Å². The second kappa shape index (κ2) is 10.3. The van der Waals surface area contributed by atoms with Gasteiger partial charge < -0.3 is 19.0 Å². The molecule has 6 rings (SSSR count). The molecule has 1 unspecified atom stereocenters. The highest BCUT2D eigenvalue weighted by molar-refractivity contribution is 5.83. The maximum absolute atomic E-state index is 15.0. The molecule has 1 fully saturated rings. The quantitative estimate of drug-likeness (QED) is 0.264. The third kappa shape index (κ3) is 5.17. The van der Waals surface area contributed by atoms with Gasteiger partial charge in [-0.05, 0) is 72.9 Å². The van der Waals surface area contributed by atoms with Crippen LogP contribution in [-0.4, -0.2) is 44.5 Å². The number of methoxy groups -OCH3 is 1. The zero-order valence-electron chi connectivity index (χ0n) is 21.9. The highest BCUT2D eigenvalue weighted by Crippen LogP contribution is 2.42. The van der Waals surface area contributed by atoms with Crippen LogP contribution in [-0.2, 0) is 18.3 Å². The number of aryl methyl sites for hydroxylation is 1. The van der Waals surface area contributed by atoms with Crippen LogP contribution in [0.25, 0.3) is 45.2 Å². The fourth-order valence-electron chi connectivity index (χ4n) is 4.74. The Morgan fingerprint density at radius 3 is 2.69 bits per heavy atom. The number of pyridine rings is 1. The van der Waals surface area contributed by atoms with Crippen molar-refractivity contribution in [1.82, 2.24) is 30.0 Å². The first-order chi connectivity index (χ1) is 18.9. The summed E-state index contributed by atoms with van der Waals surface area (Å²) in [6.07, 6.45) is 3.65. The average Bonchev–Trinajstić information content (AvgIpc) is 3.54. The van der Waals surface area contributed by atoms with Crippen LogP contribution in [0.1, 0.15) is 36.9 Å². The molecule has 0 amide bonds. The smallest absolute Gasteiger partial charge is 0.246 e. The Labute approximate surface area is 224 Å². The van der Waals surface area contributed by atoms with Gasteiger partial charge >= 0.3 is 0 Å². The van der Waals surface area contributed by atoms with E-state index in [-0.39, 0.29) is 23.3 Å². The van der Waals surface area contributed by atoms with Gasteiger partial charge in [0.25, 0.3) is 0 Å². The normalized spacial score (nSPS) is 14.3. The van der Waals surface area contributed by atoms with Crippen molar-refractivity contribution in [3.8, 4) is 34.1 Å². The highest BCUT2D eigenvalue weighted by atomic mass is 19.1. The van der Waals surface area contributed by atoms with Gasteiger partial charge in [0.05, 0.1) is 6.61 Å². The fourth-order valence-corrected chi connectivity index (χ4v) is 4.74. The van der Waals surface area contributed by atoms with Crippen molar-refractivity contribution in [1.29, 1.82) is 0 Å². The lowest BCUT2D eigenvalue weighted by atomic mass is 9.97. The first-order valence-electron chi connectivity index (χ1n) is 12.9. The Bertz CT molecular complexity index is 1660. The van der Waals surface area contributed by atoms with Gasteiger partial charge in [0, 0.05) is 43.9 Å². The zero-order chi connectivity index (χ0) is 27.1. The molecule has 3 aromatic heterocycles. The second-order valence-electron chi connectivity index (χ2n) is 10.1. The van der Waals surface area contributed by atoms with Gasteiger partial charge in [0.15, 0.2) is 17.2 Å². The molecule has 8 nitrogen and oxygen atoms in total. The van der Waals surface area contributed by atoms with Crippen molar-refractivity contribution in [3.63, 3.8) is 0 Å². The van der Waals surface area contributed by atoms with Gasteiger partial charge in [0.1, 0.15) is 23.4 Å². The number of nitrogens with one attached hydrogen (secondary N) is 1. The Hall–Kier alpha value is -4.02. The van der Waals surface area contributed by atoms with Crippen LogP contribution in [0.2, 0.25) is 0 Å². The van der Waals surface area contributed by atoms with Crippen LogP contribution < -0.4 is 5.32 Å². The molecule has 1 N–H and O–H groups in total. The summed E-state index contributed by atoms with van der Waals surface area (Å²) in [4.78, 5) is 9.45. The Balaban J connectivity index is 1.42. The minimum Gasteiger partial charge on any atom is -0.432 e. The standard InChI is InChI=1S/C29H28F2N6O2/c1-16(14-38-3)32-13-17-8-23(31)27-25(9-17)35-29(39-27)26-11-19(10-24(34-26)18-4-5-18)21-7-6-20(30)12-22(21)28-36-33-15-37(28)2/h6-12,15-16,18,32H,4-5,13-14H2,1-3H3. The maximum Gasteiger partial charge on any atom is 0.246 e. The maximum atomic E-state index is 15.0. The summed E-state index contributed by atoms with van der Waals surface area (Å²) in [6, 6.07) is 11.8. The largest absolute Gasteiger partial charge is 0.432 e. The van der Waals surface area contributed by atoms with Gasteiger partial charge in [-0.15, -0.1) is 10.2 Å². The van der Waals surface area contributed by atoms with E-state index < -0.39 is 5.82 Å². The summed E-state index contributed by atoms with van der Waals surface area (Å²) in [5, 5.41) is 11.5. The number of ether oxygens (including phenoxy) is 1. The van der Waals surface area contributed by atoms with Crippen LogP contribution in [0.5, 0.6) is 0 Å². The van der Waals surface area contributed by atoms with E-state index in [9.17, 15) is 4.39 Å². The molecule has 0 aliphatic heterocycles. The molecule has 39 heavy (non-hydrogen) atoms. The molecule has 0 spiro atoms. The summed E-state index contributed by atoms with van der Waals surface area (Å²) in [6.45, 7) is 3.02. The molecule has 1 saturated carbocycles. The van der Waals surface area contributed by atoms with Crippen molar-refractivity contribution >= 4 is 11.1 Å². The number of aromatic nitrogens is 5. The summed E-state index contributed by atoms with van der Waals surface area (Å²) < 4.78 is 42.2. The Morgan fingerprint density at radius 2 is 1.95 bits per heavy atom. The number of halogens is 2. The van der Waals surface area contributed by atoms with E-state index >= 15 is 4.39 Å². The Morgan fingerprint density at radius 1 is 1.10 bits per heavy atom. The van der Waals surface area contributed by atoms with Crippen LogP contribution in [0.15, 0.2) is 53.2 Å². The predicted octanol–water partition coefficient (Wildman–Crippen LogP) is 5.63. The Kier molecular flexibility index (Phi) is 6.66. The topological polar surface area (TPSA) is 90.9 Å².